The molecule has 4 fully saturated rings. The smallest absolute Gasteiger partial charge is 0.357 e. The van der Waals surface area contributed by atoms with Gasteiger partial charge in [0.2, 0.25) is 17.7 Å². The highest BCUT2D eigenvalue weighted by Crippen LogP contribution is 2.35. The van der Waals surface area contributed by atoms with Crippen molar-refractivity contribution in [1.29, 1.82) is 0 Å². The van der Waals surface area contributed by atoms with E-state index in [-0.39, 0.29) is 52.9 Å². The third-order valence-corrected chi connectivity index (χ3v) is 13.7. The fraction of sp³-hybridized carbons (Fsp3) is 0.420. The number of halogens is 3. The molecule has 4 saturated heterocycles. The number of benzene rings is 2. The largest absolute Gasteiger partial charge is 0.416 e. The molecule has 0 saturated carbocycles. The summed E-state index contributed by atoms with van der Waals surface area (Å²) in [7, 11) is 0. The van der Waals surface area contributed by atoms with Crippen molar-refractivity contribution in [3.63, 3.8) is 0 Å². The third kappa shape index (κ3) is 10.7. The minimum atomic E-state index is -4.65. The first-order chi connectivity index (χ1) is 32.3. The number of aryl methyl sites for hydroxylation is 1. The van der Waals surface area contributed by atoms with E-state index in [2.05, 4.69) is 47.3 Å². The molecule has 3 aromatic heterocycles. The van der Waals surface area contributed by atoms with E-state index in [4.69, 9.17) is 0 Å². The number of carbonyl (C=O) groups is 4. The van der Waals surface area contributed by atoms with E-state index >= 15 is 0 Å². The summed E-state index contributed by atoms with van der Waals surface area (Å²) in [5.74, 6) is 6.22. The number of imide groups is 1. The van der Waals surface area contributed by atoms with Crippen LogP contribution in [0.1, 0.15) is 88.3 Å². The number of aromatic nitrogens is 4. The summed E-state index contributed by atoms with van der Waals surface area (Å²) in [6.07, 6.45) is 4.80. The molecule has 348 valence electrons. The molecule has 14 nitrogen and oxygen atoms in total. The molecule has 0 spiro atoms. The van der Waals surface area contributed by atoms with Crippen LogP contribution in [0.3, 0.4) is 0 Å². The Morgan fingerprint density at radius 1 is 0.836 bits per heavy atom. The second-order valence-electron chi connectivity index (χ2n) is 18.1. The summed E-state index contributed by atoms with van der Waals surface area (Å²) >= 11 is 0. The highest BCUT2D eigenvalue weighted by Gasteiger charge is 2.36. The zero-order valence-electron chi connectivity index (χ0n) is 37.4. The van der Waals surface area contributed by atoms with Crippen molar-refractivity contribution >= 4 is 40.8 Å². The van der Waals surface area contributed by atoms with E-state index in [1.165, 1.54) is 12.1 Å². The number of piperazine rings is 1. The number of anilines is 2. The molecule has 2 aromatic carbocycles. The number of imidazole rings is 1. The van der Waals surface area contributed by atoms with Crippen molar-refractivity contribution in [3.8, 4) is 11.8 Å². The monoisotopic (exact) mass is 914 g/mol. The Bertz CT molecular complexity index is 2720. The fourth-order valence-electron chi connectivity index (χ4n) is 9.74. The lowest BCUT2D eigenvalue weighted by Crippen LogP contribution is -2.51. The number of nitrogens with zero attached hydrogens (tertiary/aromatic N) is 8. The van der Waals surface area contributed by atoms with E-state index < -0.39 is 17.6 Å². The number of likely N-dealkylation sites (tertiary alicyclic amines) is 1. The molecular weight excluding hydrogens is 862 g/mol. The SMILES string of the molecule is Cc1ccc(C(=O)Nc2ccc(CN3CCN(C(=O)C4CCN(CC5CCN(c6cc(C7CCC(=O)NC7=O)ccn6)CC5)CC4)CC3)c(C(F)(F)F)c2)cc1C#Cc1cnc2cccnn12. The number of nitrogens with one attached hydrogen (secondary N) is 2. The lowest BCUT2D eigenvalue weighted by molar-refractivity contribution is -0.139. The topological polar surface area (TPSA) is 148 Å². The van der Waals surface area contributed by atoms with Crippen LogP contribution in [0.25, 0.3) is 5.65 Å². The van der Waals surface area contributed by atoms with Gasteiger partial charge in [0.05, 0.1) is 17.7 Å². The molecule has 9 rings (SSSR count). The zero-order valence-corrected chi connectivity index (χ0v) is 37.4. The van der Waals surface area contributed by atoms with Gasteiger partial charge in [0.1, 0.15) is 11.5 Å². The van der Waals surface area contributed by atoms with Crippen LogP contribution in [0.4, 0.5) is 24.7 Å². The van der Waals surface area contributed by atoms with E-state index in [1.54, 1.807) is 47.4 Å². The number of amides is 4. The summed E-state index contributed by atoms with van der Waals surface area (Å²) in [6.45, 7) is 8.19. The van der Waals surface area contributed by atoms with Crippen LogP contribution >= 0.6 is 0 Å². The molecule has 0 radical (unpaired) electrons. The Morgan fingerprint density at radius 2 is 1.63 bits per heavy atom. The van der Waals surface area contributed by atoms with Crippen molar-refractivity contribution in [3.05, 3.63) is 118 Å². The summed E-state index contributed by atoms with van der Waals surface area (Å²) < 4.78 is 45.1. The maximum Gasteiger partial charge on any atom is 0.416 e. The van der Waals surface area contributed by atoms with Crippen LogP contribution in [-0.2, 0) is 27.1 Å². The van der Waals surface area contributed by atoms with E-state index in [1.807, 2.05) is 34.9 Å². The number of rotatable bonds is 9. The van der Waals surface area contributed by atoms with E-state index in [0.717, 1.165) is 81.4 Å². The van der Waals surface area contributed by atoms with Gasteiger partial charge in [0, 0.05) is 93.9 Å². The number of alkyl halides is 3. The lowest BCUT2D eigenvalue weighted by atomic mass is 9.90. The average molecular weight is 915 g/mol. The molecule has 67 heavy (non-hydrogen) atoms. The maximum atomic E-state index is 14.5. The first kappa shape index (κ1) is 45.5. The standard InChI is InChI=1S/C50H53F3N10O4/c1-33-4-5-38(27-36(33)7-9-41-30-55-44-3-2-17-56-63(41)44)47(65)57-40-8-6-39(43(29-40)50(51,52)53)32-60-23-25-62(26-24-60)49(67)35-15-19-59(20-16-35)31-34-13-21-61(22-14-34)45-28-37(12-18-54-45)42-10-11-46(64)58-48(42)66/h2-6,8,12,17-18,27-30,34-35,42H,10-11,13-16,19-26,31-32H2,1H3,(H,57,65)(H,58,64,66). The molecule has 1 atom stereocenters. The molecule has 4 aliphatic heterocycles. The van der Waals surface area contributed by atoms with Gasteiger partial charge < -0.3 is 20.0 Å². The van der Waals surface area contributed by atoms with Gasteiger partial charge in [-0.05, 0) is 129 Å². The number of pyridine rings is 1. The van der Waals surface area contributed by atoms with E-state index in [0.29, 0.717) is 61.8 Å². The van der Waals surface area contributed by atoms with Crippen molar-refractivity contribution in [1.82, 2.24) is 39.6 Å². The van der Waals surface area contributed by atoms with Crippen molar-refractivity contribution in [2.24, 2.45) is 11.8 Å². The third-order valence-electron chi connectivity index (χ3n) is 13.7. The van der Waals surface area contributed by atoms with E-state index in [9.17, 15) is 32.3 Å². The predicted octanol–water partition coefficient (Wildman–Crippen LogP) is 5.90. The van der Waals surface area contributed by atoms with Crippen LogP contribution in [0, 0.1) is 30.6 Å². The van der Waals surface area contributed by atoms with Crippen molar-refractivity contribution in [2.75, 3.05) is 69.1 Å². The van der Waals surface area contributed by atoms with Gasteiger partial charge in [-0.3, -0.25) is 29.4 Å². The lowest BCUT2D eigenvalue weighted by Gasteiger charge is -2.40. The maximum absolute atomic E-state index is 14.5. The first-order valence-corrected chi connectivity index (χ1v) is 23.1. The van der Waals surface area contributed by atoms with Crippen LogP contribution < -0.4 is 15.5 Å². The van der Waals surface area contributed by atoms with Gasteiger partial charge in [-0.25, -0.2) is 14.5 Å². The highest BCUT2D eigenvalue weighted by atomic mass is 19.4. The number of hydrogen-bond donors (Lipinski definition) is 2. The Morgan fingerprint density at radius 3 is 2.39 bits per heavy atom. The number of carbonyl (C=O) groups excluding carboxylic acids is 4. The van der Waals surface area contributed by atoms with Crippen LogP contribution in [0.2, 0.25) is 0 Å². The minimum Gasteiger partial charge on any atom is -0.357 e. The molecule has 17 heteroatoms. The highest BCUT2D eigenvalue weighted by molar-refractivity contribution is 6.04. The molecule has 5 aromatic rings. The second kappa shape index (κ2) is 19.7. The molecular formula is C50H53F3N10O4. The molecule has 2 N–H and O–H groups in total. The molecule has 7 heterocycles. The van der Waals surface area contributed by atoms with Crippen LogP contribution in [0.15, 0.2) is 79.3 Å². The Hall–Kier alpha value is -6.64. The van der Waals surface area contributed by atoms with Crippen molar-refractivity contribution < 1.29 is 32.3 Å². The molecule has 1 unspecified atom stereocenters. The number of hydrogen-bond acceptors (Lipinski definition) is 10. The van der Waals surface area contributed by atoms with Gasteiger partial charge in [-0.1, -0.05) is 18.1 Å². The summed E-state index contributed by atoms with van der Waals surface area (Å²) in [6, 6.07) is 16.3. The van der Waals surface area contributed by atoms with Crippen molar-refractivity contribution in [2.45, 2.75) is 64.1 Å². The number of fused-ring (bicyclic) bond motifs is 1. The minimum absolute atomic E-state index is 0.0296. The summed E-state index contributed by atoms with van der Waals surface area (Å²) in [5, 5.41) is 9.35. The summed E-state index contributed by atoms with van der Waals surface area (Å²) in [4.78, 5) is 68.5. The average Bonchev–Trinajstić information content (AvgIpc) is 3.75. The Labute approximate surface area is 386 Å². The second-order valence-corrected chi connectivity index (χ2v) is 18.1. The quantitative estimate of drug-likeness (QED) is 0.135. The first-order valence-electron chi connectivity index (χ1n) is 23.1. The number of piperidine rings is 3. The van der Waals surface area contributed by atoms with Gasteiger partial charge in [-0.2, -0.15) is 18.3 Å². The summed E-state index contributed by atoms with van der Waals surface area (Å²) in [5.41, 5.74) is 3.10. The van der Waals surface area contributed by atoms with Gasteiger partial charge >= 0.3 is 6.18 Å². The Kier molecular flexibility index (Phi) is 13.4. The van der Waals surface area contributed by atoms with Gasteiger partial charge in [-0.15, -0.1) is 0 Å². The molecule has 0 bridgehead atoms. The van der Waals surface area contributed by atoms with Crippen LogP contribution in [-0.4, -0.2) is 117 Å². The fourth-order valence-corrected chi connectivity index (χ4v) is 9.74. The van der Waals surface area contributed by atoms with Crippen LogP contribution in [0.5, 0.6) is 0 Å². The van der Waals surface area contributed by atoms with Gasteiger partial charge in [0.25, 0.3) is 5.91 Å². The molecule has 0 aliphatic carbocycles. The zero-order chi connectivity index (χ0) is 46.7. The predicted molar refractivity (Wildman–Crippen MR) is 245 cm³/mol. The normalized spacial score (nSPS) is 19.3. The Balaban J connectivity index is 0.727. The van der Waals surface area contributed by atoms with Gasteiger partial charge in [0.15, 0.2) is 5.65 Å². The molecule has 4 aliphatic rings. The molecule has 4 amide bonds.